The summed E-state index contributed by atoms with van der Waals surface area (Å²) in [5, 5.41) is 0. The van der Waals surface area contributed by atoms with Crippen LogP contribution in [0, 0.1) is 0 Å². The van der Waals surface area contributed by atoms with E-state index in [-0.39, 0.29) is 0 Å². The van der Waals surface area contributed by atoms with Crippen LogP contribution >= 0.6 is 0 Å². The number of rotatable bonds is 11. The first-order valence-electron chi connectivity index (χ1n) is 7.91. The van der Waals surface area contributed by atoms with Crippen LogP contribution in [-0.4, -0.2) is 22.3 Å². The van der Waals surface area contributed by atoms with Gasteiger partial charge in [0, 0.05) is 0 Å². The molecule has 6 heteroatoms. The standard InChI is InChI=1S/C16H28N4O2/c1-17-7-9-19(13-17)15-21-11-5-3-4-6-12-22-16-20-10-8-18(2)14-20/h7-10,13-14H,3-6,11-12,15-16H2,1-2H3/q+2. The van der Waals surface area contributed by atoms with Crippen molar-refractivity contribution in [3.05, 3.63) is 37.4 Å². The summed E-state index contributed by atoms with van der Waals surface area (Å²) in [7, 11) is 4.02. The van der Waals surface area contributed by atoms with E-state index in [2.05, 4.69) is 0 Å². The maximum absolute atomic E-state index is 5.63. The largest absolute Gasteiger partial charge is 0.342 e. The SMILES string of the molecule is C[n+]1ccn(COCCCCCCOCn2cc[n+](C)c2)c1. The summed E-state index contributed by atoms with van der Waals surface area (Å²) in [4.78, 5) is 0. The van der Waals surface area contributed by atoms with Crippen molar-refractivity contribution in [3.8, 4) is 0 Å². The van der Waals surface area contributed by atoms with E-state index >= 15 is 0 Å². The fourth-order valence-electron chi connectivity index (χ4n) is 2.26. The molecule has 122 valence electrons. The summed E-state index contributed by atoms with van der Waals surface area (Å²) < 4.78 is 19.4. The number of hydrogen-bond donors (Lipinski definition) is 0. The molecule has 0 fully saturated rings. The molecule has 2 aromatic heterocycles. The Labute approximate surface area is 132 Å². The third kappa shape index (κ3) is 6.41. The Morgan fingerprint density at radius 3 is 1.55 bits per heavy atom. The molecule has 0 bridgehead atoms. The predicted molar refractivity (Wildman–Crippen MR) is 81.6 cm³/mol. The van der Waals surface area contributed by atoms with E-state index < -0.39 is 0 Å². The molecule has 0 aromatic carbocycles. The molecule has 0 spiro atoms. The van der Waals surface area contributed by atoms with Gasteiger partial charge in [-0.25, -0.2) is 18.3 Å². The van der Waals surface area contributed by atoms with Gasteiger partial charge in [-0.15, -0.1) is 0 Å². The van der Waals surface area contributed by atoms with Crippen LogP contribution in [0.4, 0.5) is 0 Å². The molecule has 0 amide bonds. The van der Waals surface area contributed by atoms with Gasteiger partial charge in [-0.05, 0) is 12.8 Å². The highest BCUT2D eigenvalue weighted by Gasteiger charge is 2.00. The molecule has 0 aliphatic rings. The third-order valence-corrected chi connectivity index (χ3v) is 3.46. The van der Waals surface area contributed by atoms with Crippen LogP contribution in [-0.2, 0) is 37.0 Å². The Morgan fingerprint density at radius 1 is 0.727 bits per heavy atom. The van der Waals surface area contributed by atoms with E-state index in [0.29, 0.717) is 13.5 Å². The van der Waals surface area contributed by atoms with Gasteiger partial charge in [-0.3, -0.25) is 0 Å². The molecule has 0 saturated carbocycles. The number of aryl methyl sites for hydroxylation is 2. The fraction of sp³-hybridized carbons (Fsp3) is 0.625. The second-order valence-corrected chi connectivity index (χ2v) is 5.68. The lowest BCUT2D eigenvalue weighted by molar-refractivity contribution is -0.671. The van der Waals surface area contributed by atoms with Crippen molar-refractivity contribution in [3.63, 3.8) is 0 Å². The van der Waals surface area contributed by atoms with Gasteiger partial charge >= 0.3 is 0 Å². The van der Waals surface area contributed by atoms with Crippen molar-refractivity contribution in [2.75, 3.05) is 13.2 Å². The van der Waals surface area contributed by atoms with Gasteiger partial charge in [0.1, 0.15) is 24.8 Å². The first-order chi connectivity index (χ1) is 10.7. The number of unbranched alkanes of at least 4 members (excludes halogenated alkanes) is 3. The average Bonchev–Trinajstić information content (AvgIpc) is 3.09. The molecule has 0 saturated heterocycles. The lowest BCUT2D eigenvalue weighted by Gasteiger charge is -2.03. The van der Waals surface area contributed by atoms with Crippen LogP contribution in [0.25, 0.3) is 0 Å². The van der Waals surface area contributed by atoms with Crippen LogP contribution in [0.1, 0.15) is 25.7 Å². The molecule has 22 heavy (non-hydrogen) atoms. The molecule has 2 rings (SSSR count). The normalized spacial score (nSPS) is 11.2. The summed E-state index contributed by atoms with van der Waals surface area (Å²) in [6, 6.07) is 0. The van der Waals surface area contributed by atoms with Crippen molar-refractivity contribution in [2.24, 2.45) is 14.1 Å². The summed E-state index contributed by atoms with van der Waals surface area (Å²) in [6.07, 6.45) is 16.7. The Hall–Kier alpha value is -1.66. The first kappa shape index (κ1) is 16.7. The molecule has 0 radical (unpaired) electrons. The Kier molecular flexibility index (Phi) is 7.12. The summed E-state index contributed by atoms with van der Waals surface area (Å²) in [5.74, 6) is 0. The van der Waals surface area contributed by atoms with Gasteiger partial charge < -0.3 is 9.47 Å². The first-order valence-corrected chi connectivity index (χ1v) is 7.91. The van der Waals surface area contributed by atoms with Crippen molar-refractivity contribution < 1.29 is 18.6 Å². The highest BCUT2D eigenvalue weighted by Crippen LogP contribution is 2.01. The van der Waals surface area contributed by atoms with Crippen molar-refractivity contribution in [1.29, 1.82) is 0 Å². The van der Waals surface area contributed by atoms with Crippen molar-refractivity contribution in [2.45, 2.75) is 39.1 Å². The maximum Gasteiger partial charge on any atom is 0.245 e. The molecule has 0 N–H and O–H groups in total. The minimum Gasteiger partial charge on any atom is -0.342 e. The lowest BCUT2D eigenvalue weighted by Crippen LogP contribution is -2.23. The van der Waals surface area contributed by atoms with Crippen LogP contribution in [0.2, 0.25) is 0 Å². The summed E-state index contributed by atoms with van der Waals surface area (Å²) in [5.41, 5.74) is 0. The molecule has 6 nitrogen and oxygen atoms in total. The zero-order valence-electron chi connectivity index (χ0n) is 13.7. The number of aromatic nitrogens is 4. The van der Waals surface area contributed by atoms with E-state index in [1.165, 1.54) is 12.8 Å². The van der Waals surface area contributed by atoms with E-state index in [9.17, 15) is 0 Å². The highest BCUT2D eigenvalue weighted by atomic mass is 16.5. The van der Waals surface area contributed by atoms with Crippen LogP contribution < -0.4 is 9.13 Å². The Balaban J connectivity index is 1.37. The molecule has 0 atom stereocenters. The zero-order valence-corrected chi connectivity index (χ0v) is 13.7. The van der Waals surface area contributed by atoms with Gasteiger partial charge in [0.05, 0.1) is 27.3 Å². The number of imidazole rings is 2. The van der Waals surface area contributed by atoms with Gasteiger partial charge in [-0.1, -0.05) is 12.8 Å². The number of nitrogens with zero attached hydrogens (tertiary/aromatic N) is 4. The average molecular weight is 308 g/mol. The van der Waals surface area contributed by atoms with E-state index in [1.807, 2.05) is 69.8 Å². The number of ether oxygens (including phenoxy) is 2. The highest BCUT2D eigenvalue weighted by molar-refractivity contribution is 4.63. The molecule has 2 aromatic rings. The lowest BCUT2D eigenvalue weighted by atomic mass is 10.2. The van der Waals surface area contributed by atoms with Crippen LogP contribution in [0.5, 0.6) is 0 Å². The number of hydrogen-bond acceptors (Lipinski definition) is 2. The van der Waals surface area contributed by atoms with Crippen molar-refractivity contribution >= 4 is 0 Å². The minimum atomic E-state index is 0.637. The fourth-order valence-corrected chi connectivity index (χ4v) is 2.26. The molecule has 2 heterocycles. The smallest absolute Gasteiger partial charge is 0.245 e. The third-order valence-electron chi connectivity index (χ3n) is 3.46. The van der Waals surface area contributed by atoms with E-state index in [1.54, 1.807) is 0 Å². The second-order valence-electron chi connectivity index (χ2n) is 5.68. The van der Waals surface area contributed by atoms with Crippen molar-refractivity contribution in [1.82, 2.24) is 9.13 Å². The topological polar surface area (TPSA) is 36.1 Å². The molecule has 0 aliphatic heterocycles. The monoisotopic (exact) mass is 308 g/mol. The molecule has 0 unspecified atom stereocenters. The van der Waals surface area contributed by atoms with Crippen LogP contribution in [0.3, 0.4) is 0 Å². The molecular formula is C16H28N4O2+2. The Bertz CT molecular complexity index is 487. The van der Waals surface area contributed by atoms with E-state index in [4.69, 9.17) is 9.47 Å². The summed E-state index contributed by atoms with van der Waals surface area (Å²) >= 11 is 0. The zero-order chi connectivity index (χ0) is 15.6. The van der Waals surface area contributed by atoms with Gasteiger partial charge in [0.2, 0.25) is 12.7 Å². The van der Waals surface area contributed by atoms with Gasteiger partial charge in [0.15, 0.2) is 13.5 Å². The maximum atomic E-state index is 5.63. The van der Waals surface area contributed by atoms with Crippen LogP contribution in [0.15, 0.2) is 37.4 Å². The quantitative estimate of drug-likeness (QED) is 0.461. The molecular weight excluding hydrogens is 280 g/mol. The molecule has 0 aliphatic carbocycles. The summed E-state index contributed by atoms with van der Waals surface area (Å²) in [6.45, 7) is 2.92. The van der Waals surface area contributed by atoms with E-state index in [0.717, 1.165) is 26.1 Å². The van der Waals surface area contributed by atoms with Gasteiger partial charge in [0.25, 0.3) is 0 Å². The minimum absolute atomic E-state index is 0.637. The predicted octanol–water partition coefficient (Wildman–Crippen LogP) is 1.15. The van der Waals surface area contributed by atoms with Gasteiger partial charge in [-0.2, -0.15) is 0 Å². The second kappa shape index (κ2) is 9.38. The Morgan fingerprint density at radius 2 is 1.18 bits per heavy atom.